The Morgan fingerprint density at radius 1 is 1.40 bits per heavy atom. The van der Waals surface area contributed by atoms with Crippen molar-refractivity contribution in [3.8, 4) is 17.0 Å². The first-order chi connectivity index (χ1) is 9.72. The standard InChI is InChI=1S/C14H18N4O2/c1-20-11-6-4-10(5-7-11)12-9-13(18-17-12)16-14(19)3-2-8-15/h4-7,9H,2-3,8,15H2,1H3,(H2,16,17,18,19). The maximum atomic E-state index is 11.6. The lowest BCUT2D eigenvalue weighted by atomic mass is 10.1. The second-order valence-corrected chi connectivity index (χ2v) is 4.34. The molecule has 20 heavy (non-hydrogen) atoms. The maximum absolute atomic E-state index is 11.6. The van der Waals surface area contributed by atoms with Crippen molar-refractivity contribution >= 4 is 11.7 Å². The van der Waals surface area contributed by atoms with Gasteiger partial charge in [-0.1, -0.05) is 0 Å². The molecule has 0 aliphatic heterocycles. The predicted molar refractivity (Wildman–Crippen MR) is 77.5 cm³/mol. The number of rotatable bonds is 6. The fraction of sp³-hybridized carbons (Fsp3) is 0.286. The summed E-state index contributed by atoms with van der Waals surface area (Å²) >= 11 is 0. The zero-order valence-electron chi connectivity index (χ0n) is 11.3. The average Bonchev–Trinajstić information content (AvgIpc) is 2.93. The Balaban J connectivity index is 2.02. The van der Waals surface area contributed by atoms with Gasteiger partial charge in [0.25, 0.3) is 0 Å². The maximum Gasteiger partial charge on any atom is 0.225 e. The van der Waals surface area contributed by atoms with Crippen LogP contribution in [0.2, 0.25) is 0 Å². The van der Waals surface area contributed by atoms with Gasteiger partial charge in [0.2, 0.25) is 5.91 Å². The summed E-state index contributed by atoms with van der Waals surface area (Å²) in [6.07, 6.45) is 1.07. The summed E-state index contributed by atoms with van der Waals surface area (Å²) in [5.41, 5.74) is 7.17. The van der Waals surface area contributed by atoms with E-state index in [1.54, 1.807) is 13.2 Å². The molecular formula is C14H18N4O2. The number of anilines is 1. The molecule has 1 aromatic carbocycles. The van der Waals surface area contributed by atoms with E-state index in [9.17, 15) is 4.79 Å². The van der Waals surface area contributed by atoms with Crippen LogP contribution in [-0.2, 0) is 4.79 Å². The molecular weight excluding hydrogens is 256 g/mol. The number of nitrogens with one attached hydrogen (secondary N) is 2. The van der Waals surface area contributed by atoms with E-state index in [0.717, 1.165) is 17.0 Å². The van der Waals surface area contributed by atoms with Crippen LogP contribution in [0.1, 0.15) is 12.8 Å². The molecule has 1 heterocycles. The third kappa shape index (κ3) is 3.58. The first kappa shape index (κ1) is 14.1. The number of ether oxygens (including phenoxy) is 1. The third-order valence-electron chi connectivity index (χ3n) is 2.85. The number of nitrogens with two attached hydrogens (primary N) is 1. The normalized spacial score (nSPS) is 10.3. The van der Waals surface area contributed by atoms with Crippen LogP contribution in [0.25, 0.3) is 11.3 Å². The molecule has 6 nitrogen and oxygen atoms in total. The Morgan fingerprint density at radius 3 is 2.80 bits per heavy atom. The molecule has 0 fully saturated rings. The summed E-state index contributed by atoms with van der Waals surface area (Å²) in [6, 6.07) is 9.38. The molecule has 0 radical (unpaired) electrons. The first-order valence-electron chi connectivity index (χ1n) is 6.42. The van der Waals surface area contributed by atoms with Crippen molar-refractivity contribution in [3.05, 3.63) is 30.3 Å². The van der Waals surface area contributed by atoms with Crippen LogP contribution < -0.4 is 15.8 Å². The molecule has 0 saturated carbocycles. The third-order valence-corrected chi connectivity index (χ3v) is 2.85. The van der Waals surface area contributed by atoms with Crippen LogP contribution in [0.3, 0.4) is 0 Å². The molecule has 0 bridgehead atoms. The van der Waals surface area contributed by atoms with Crippen molar-refractivity contribution in [2.24, 2.45) is 5.73 Å². The summed E-state index contributed by atoms with van der Waals surface area (Å²) < 4.78 is 5.11. The molecule has 1 amide bonds. The number of methoxy groups -OCH3 is 1. The lowest BCUT2D eigenvalue weighted by molar-refractivity contribution is -0.116. The largest absolute Gasteiger partial charge is 0.497 e. The minimum atomic E-state index is -0.0803. The number of hydrogen-bond donors (Lipinski definition) is 3. The van der Waals surface area contributed by atoms with Crippen LogP contribution in [0.4, 0.5) is 5.82 Å². The van der Waals surface area contributed by atoms with Crippen molar-refractivity contribution in [2.45, 2.75) is 12.8 Å². The summed E-state index contributed by atoms with van der Waals surface area (Å²) in [6.45, 7) is 0.505. The highest BCUT2D eigenvalue weighted by Gasteiger charge is 2.07. The molecule has 2 aromatic rings. The Hall–Kier alpha value is -2.34. The summed E-state index contributed by atoms with van der Waals surface area (Å²) in [4.78, 5) is 11.6. The Bertz CT molecular complexity index is 563. The van der Waals surface area contributed by atoms with E-state index in [1.165, 1.54) is 0 Å². The topological polar surface area (TPSA) is 93.0 Å². The molecule has 0 aliphatic carbocycles. The zero-order valence-corrected chi connectivity index (χ0v) is 11.3. The van der Waals surface area contributed by atoms with Gasteiger partial charge < -0.3 is 15.8 Å². The fourth-order valence-corrected chi connectivity index (χ4v) is 1.77. The number of amides is 1. The monoisotopic (exact) mass is 274 g/mol. The van der Waals surface area contributed by atoms with E-state index >= 15 is 0 Å². The van der Waals surface area contributed by atoms with Gasteiger partial charge in [-0.15, -0.1) is 0 Å². The number of hydrogen-bond acceptors (Lipinski definition) is 4. The molecule has 0 atom stereocenters. The van der Waals surface area contributed by atoms with Gasteiger partial charge in [0.1, 0.15) is 5.75 Å². The first-order valence-corrected chi connectivity index (χ1v) is 6.42. The minimum Gasteiger partial charge on any atom is -0.497 e. The van der Waals surface area contributed by atoms with Gasteiger partial charge >= 0.3 is 0 Å². The Morgan fingerprint density at radius 2 is 2.15 bits per heavy atom. The van der Waals surface area contributed by atoms with E-state index in [0.29, 0.717) is 25.2 Å². The van der Waals surface area contributed by atoms with Gasteiger partial charge in [0.15, 0.2) is 5.82 Å². The number of aromatic amines is 1. The summed E-state index contributed by atoms with van der Waals surface area (Å²) in [5.74, 6) is 1.23. The number of carbonyl (C=O) groups is 1. The van der Waals surface area contributed by atoms with Gasteiger partial charge in [-0.25, -0.2) is 0 Å². The van der Waals surface area contributed by atoms with Crippen molar-refractivity contribution in [1.82, 2.24) is 10.2 Å². The van der Waals surface area contributed by atoms with Gasteiger partial charge in [-0.3, -0.25) is 9.89 Å². The lowest BCUT2D eigenvalue weighted by Crippen LogP contribution is -2.13. The van der Waals surface area contributed by atoms with Crippen LogP contribution in [0.5, 0.6) is 5.75 Å². The number of H-pyrrole nitrogens is 1. The second kappa shape index (κ2) is 6.72. The van der Waals surface area contributed by atoms with Crippen LogP contribution in [0.15, 0.2) is 30.3 Å². The molecule has 0 spiro atoms. The molecule has 0 saturated heterocycles. The molecule has 2 rings (SSSR count). The van der Waals surface area contributed by atoms with Crippen molar-refractivity contribution < 1.29 is 9.53 Å². The minimum absolute atomic E-state index is 0.0803. The molecule has 106 valence electrons. The van der Waals surface area contributed by atoms with Crippen LogP contribution >= 0.6 is 0 Å². The molecule has 6 heteroatoms. The molecule has 4 N–H and O–H groups in total. The van der Waals surface area contributed by atoms with Crippen LogP contribution in [-0.4, -0.2) is 29.8 Å². The average molecular weight is 274 g/mol. The highest BCUT2D eigenvalue weighted by molar-refractivity contribution is 5.90. The Labute approximate surface area is 117 Å². The number of nitrogens with zero attached hydrogens (tertiary/aromatic N) is 1. The second-order valence-electron chi connectivity index (χ2n) is 4.34. The van der Waals surface area contributed by atoms with E-state index < -0.39 is 0 Å². The fourth-order valence-electron chi connectivity index (χ4n) is 1.77. The zero-order chi connectivity index (χ0) is 14.4. The van der Waals surface area contributed by atoms with E-state index in [1.807, 2.05) is 24.3 Å². The van der Waals surface area contributed by atoms with Crippen molar-refractivity contribution in [3.63, 3.8) is 0 Å². The summed E-state index contributed by atoms with van der Waals surface area (Å²) in [7, 11) is 1.63. The van der Waals surface area contributed by atoms with Crippen LogP contribution in [0, 0.1) is 0 Å². The van der Waals surface area contributed by atoms with Gasteiger partial charge in [0.05, 0.1) is 12.8 Å². The number of aromatic nitrogens is 2. The van der Waals surface area contributed by atoms with E-state index in [2.05, 4.69) is 15.5 Å². The van der Waals surface area contributed by atoms with Crippen molar-refractivity contribution in [1.29, 1.82) is 0 Å². The number of carbonyl (C=O) groups excluding carboxylic acids is 1. The van der Waals surface area contributed by atoms with Crippen molar-refractivity contribution in [2.75, 3.05) is 19.0 Å². The Kier molecular flexibility index (Phi) is 4.73. The highest BCUT2D eigenvalue weighted by atomic mass is 16.5. The molecule has 0 unspecified atom stereocenters. The SMILES string of the molecule is COc1ccc(-c2cc(NC(=O)CCCN)n[nH]2)cc1. The van der Waals surface area contributed by atoms with E-state index in [4.69, 9.17) is 10.5 Å². The smallest absolute Gasteiger partial charge is 0.225 e. The number of benzene rings is 1. The summed E-state index contributed by atoms with van der Waals surface area (Å²) in [5, 5.41) is 9.68. The molecule has 1 aromatic heterocycles. The highest BCUT2D eigenvalue weighted by Crippen LogP contribution is 2.22. The lowest BCUT2D eigenvalue weighted by Gasteiger charge is -2.01. The predicted octanol–water partition coefficient (Wildman–Crippen LogP) is 1.76. The van der Waals surface area contributed by atoms with E-state index in [-0.39, 0.29) is 5.91 Å². The van der Waals surface area contributed by atoms with Gasteiger partial charge in [-0.2, -0.15) is 5.10 Å². The quantitative estimate of drug-likeness (QED) is 0.748. The molecule has 0 aliphatic rings. The van der Waals surface area contributed by atoms with Gasteiger partial charge in [-0.05, 0) is 42.8 Å². The van der Waals surface area contributed by atoms with Gasteiger partial charge in [0, 0.05) is 12.5 Å².